The van der Waals surface area contributed by atoms with E-state index in [-0.39, 0.29) is 12.5 Å². The third kappa shape index (κ3) is 4.79. The van der Waals surface area contributed by atoms with E-state index in [4.69, 9.17) is 19.9 Å². The van der Waals surface area contributed by atoms with Crippen molar-refractivity contribution in [2.75, 3.05) is 20.0 Å². The van der Waals surface area contributed by atoms with Gasteiger partial charge in [-0.25, -0.2) is 0 Å². The van der Waals surface area contributed by atoms with Crippen molar-refractivity contribution in [1.29, 1.82) is 0 Å². The third-order valence-electron chi connectivity index (χ3n) is 6.94. The molecule has 0 aliphatic heterocycles. The highest BCUT2D eigenvalue weighted by molar-refractivity contribution is 5.88. The van der Waals surface area contributed by atoms with E-state index in [1.54, 1.807) is 14.2 Å². The van der Waals surface area contributed by atoms with Gasteiger partial charge in [-0.1, -0.05) is 6.07 Å². The Morgan fingerprint density at radius 2 is 1.78 bits per heavy atom. The van der Waals surface area contributed by atoms with Gasteiger partial charge in [-0.05, 0) is 72.0 Å². The molecule has 1 aromatic heterocycles. The quantitative estimate of drug-likeness (QED) is 0.315. The van der Waals surface area contributed by atoms with Crippen LogP contribution in [0.4, 0.5) is 5.69 Å². The number of carboxylic acid groups (broad SMARTS) is 1. The third-order valence-corrected chi connectivity index (χ3v) is 6.94. The minimum atomic E-state index is -0.844. The monoisotopic (exact) mass is 501 g/mol. The van der Waals surface area contributed by atoms with Crippen molar-refractivity contribution in [2.24, 2.45) is 0 Å². The molecular weight excluding hydrogens is 470 g/mol. The Bertz CT molecular complexity index is 1440. The van der Waals surface area contributed by atoms with Gasteiger partial charge in [-0.3, -0.25) is 9.48 Å². The Hall–Kier alpha value is -4.20. The van der Waals surface area contributed by atoms with E-state index < -0.39 is 5.97 Å². The summed E-state index contributed by atoms with van der Waals surface area (Å²) in [7, 11) is 3.26. The fourth-order valence-electron chi connectivity index (χ4n) is 5.12. The van der Waals surface area contributed by atoms with E-state index in [2.05, 4.69) is 24.2 Å². The zero-order chi connectivity index (χ0) is 26.1. The smallest absolute Gasteiger partial charge is 0.303 e. The summed E-state index contributed by atoms with van der Waals surface area (Å²) in [5.41, 5.74) is 13.1. The Morgan fingerprint density at radius 3 is 2.41 bits per heavy atom. The number of aromatic nitrogens is 2. The number of benzene rings is 3. The van der Waals surface area contributed by atoms with Crippen LogP contribution >= 0.6 is 0 Å². The second-order valence-corrected chi connectivity index (χ2v) is 9.31. The highest BCUT2D eigenvalue weighted by Gasteiger charge is 2.27. The number of carbonyl (C=O) groups is 1. The summed E-state index contributed by atoms with van der Waals surface area (Å²) in [5, 5.41) is 14.7. The van der Waals surface area contributed by atoms with Gasteiger partial charge in [0.05, 0.1) is 31.6 Å². The number of aryl methyl sites for hydroxylation is 2. The molecule has 0 bridgehead atoms. The molecule has 1 aliphatic rings. The van der Waals surface area contributed by atoms with E-state index in [0.717, 1.165) is 58.1 Å². The number of anilines is 1. The predicted octanol–water partition coefficient (Wildman–Crippen LogP) is 4.89. The van der Waals surface area contributed by atoms with Crippen molar-refractivity contribution in [3.63, 3.8) is 0 Å². The molecule has 192 valence electrons. The van der Waals surface area contributed by atoms with E-state index in [0.29, 0.717) is 29.4 Å². The number of hydrogen-bond acceptors (Lipinski definition) is 6. The number of methoxy groups -OCH3 is 2. The van der Waals surface area contributed by atoms with Crippen LogP contribution in [-0.4, -0.2) is 41.2 Å². The molecule has 0 spiro atoms. The molecule has 3 aromatic carbocycles. The van der Waals surface area contributed by atoms with Crippen LogP contribution in [-0.2, 0) is 30.6 Å². The molecule has 5 rings (SSSR count). The summed E-state index contributed by atoms with van der Waals surface area (Å²) in [6.07, 6.45) is 3.61. The number of ether oxygens (including phenoxy) is 3. The normalized spacial score (nSPS) is 13.1. The summed E-state index contributed by atoms with van der Waals surface area (Å²) in [5.74, 6) is 1.16. The number of nitrogens with zero attached hydrogens (tertiary/aromatic N) is 2. The van der Waals surface area contributed by atoms with E-state index in [1.807, 2.05) is 41.2 Å². The van der Waals surface area contributed by atoms with Crippen LogP contribution < -0.4 is 19.9 Å². The lowest BCUT2D eigenvalue weighted by molar-refractivity contribution is -0.136. The van der Waals surface area contributed by atoms with Crippen molar-refractivity contribution < 1.29 is 24.1 Å². The largest absolute Gasteiger partial charge is 0.493 e. The fourth-order valence-corrected chi connectivity index (χ4v) is 5.12. The lowest BCUT2D eigenvalue weighted by Crippen LogP contribution is -2.18. The maximum Gasteiger partial charge on any atom is 0.303 e. The van der Waals surface area contributed by atoms with Crippen molar-refractivity contribution in [2.45, 2.75) is 45.3 Å². The van der Waals surface area contributed by atoms with Crippen LogP contribution in [0.2, 0.25) is 0 Å². The molecule has 1 heterocycles. The first kappa shape index (κ1) is 24.5. The summed E-state index contributed by atoms with van der Waals surface area (Å²) < 4.78 is 19.5. The fraction of sp³-hybridized carbons (Fsp3) is 0.310. The number of nitrogens with two attached hydrogens (primary N) is 1. The predicted molar refractivity (Wildman–Crippen MR) is 143 cm³/mol. The van der Waals surface area contributed by atoms with Gasteiger partial charge in [0.2, 0.25) is 0 Å². The van der Waals surface area contributed by atoms with Gasteiger partial charge in [0.1, 0.15) is 11.9 Å². The Balaban J connectivity index is 1.51. The zero-order valence-corrected chi connectivity index (χ0v) is 21.3. The highest BCUT2D eigenvalue weighted by atomic mass is 16.5. The van der Waals surface area contributed by atoms with Gasteiger partial charge >= 0.3 is 5.97 Å². The van der Waals surface area contributed by atoms with Gasteiger partial charge in [0.25, 0.3) is 0 Å². The molecule has 37 heavy (non-hydrogen) atoms. The maximum atomic E-state index is 11.2. The Labute approximate surface area is 215 Å². The average molecular weight is 502 g/mol. The minimum Gasteiger partial charge on any atom is -0.493 e. The first-order valence-electron chi connectivity index (χ1n) is 12.4. The first-order valence-corrected chi connectivity index (χ1v) is 12.4. The molecule has 0 atom stereocenters. The van der Waals surface area contributed by atoms with Crippen molar-refractivity contribution >= 4 is 22.6 Å². The van der Waals surface area contributed by atoms with E-state index in [1.165, 1.54) is 0 Å². The number of aliphatic carboxylic acids is 1. The number of hydrogen-bond donors (Lipinski definition) is 2. The molecule has 4 aromatic rings. The van der Waals surface area contributed by atoms with Gasteiger partial charge in [0.15, 0.2) is 11.5 Å². The topological polar surface area (TPSA) is 109 Å². The van der Waals surface area contributed by atoms with Gasteiger partial charge in [-0.15, -0.1) is 0 Å². The van der Waals surface area contributed by atoms with Crippen LogP contribution in [0.15, 0.2) is 48.7 Å². The average Bonchev–Trinajstić information content (AvgIpc) is 3.49. The Morgan fingerprint density at radius 1 is 1.08 bits per heavy atom. The number of rotatable bonds is 9. The lowest BCUT2D eigenvalue weighted by atomic mass is 9.97. The van der Waals surface area contributed by atoms with Crippen LogP contribution in [0, 0.1) is 0 Å². The maximum absolute atomic E-state index is 11.2. The van der Waals surface area contributed by atoms with Crippen LogP contribution in [0.3, 0.4) is 0 Å². The highest BCUT2D eigenvalue weighted by Crippen LogP contribution is 2.41. The molecule has 3 N–H and O–H groups in total. The van der Waals surface area contributed by atoms with Crippen molar-refractivity contribution in [1.82, 2.24) is 9.78 Å². The molecule has 0 saturated carbocycles. The van der Waals surface area contributed by atoms with E-state index in [9.17, 15) is 9.90 Å². The SMILES string of the molecule is CCn1ncc2cc(-c3cc(CCC(=O)O)cc(N)c3OC3Cc4cc(OC)c(OC)cc4C3)ccc21. The summed E-state index contributed by atoms with van der Waals surface area (Å²) >= 11 is 0. The minimum absolute atomic E-state index is 0.0307. The standard InChI is InChI=1S/C29H31N3O5/c1-4-32-25-7-6-18(11-21(25)16-31-32)23-9-17(5-8-28(33)34)10-24(30)29(23)37-22-12-19-14-26(35-2)27(36-3)15-20(19)13-22/h6-7,9-11,14-16,22H,4-5,8,12-13,30H2,1-3H3,(H,33,34). The number of fused-ring (bicyclic) bond motifs is 2. The van der Waals surface area contributed by atoms with Gasteiger partial charge in [-0.2, -0.15) is 5.10 Å². The summed E-state index contributed by atoms with van der Waals surface area (Å²) in [4.78, 5) is 11.2. The molecule has 0 fully saturated rings. The Kier molecular flexibility index (Phi) is 6.65. The van der Waals surface area contributed by atoms with Crippen LogP contribution in [0.1, 0.15) is 30.0 Å². The van der Waals surface area contributed by atoms with Crippen LogP contribution in [0.5, 0.6) is 17.2 Å². The van der Waals surface area contributed by atoms with Gasteiger partial charge in [0, 0.05) is 36.8 Å². The molecule has 8 heteroatoms. The van der Waals surface area contributed by atoms with Crippen molar-refractivity contribution in [3.05, 3.63) is 65.4 Å². The zero-order valence-electron chi connectivity index (χ0n) is 21.3. The second-order valence-electron chi connectivity index (χ2n) is 9.31. The van der Waals surface area contributed by atoms with Crippen molar-refractivity contribution in [3.8, 4) is 28.4 Å². The molecular formula is C29H31N3O5. The molecule has 0 unspecified atom stereocenters. The molecule has 0 amide bonds. The van der Waals surface area contributed by atoms with E-state index >= 15 is 0 Å². The molecule has 0 radical (unpaired) electrons. The lowest BCUT2D eigenvalue weighted by Gasteiger charge is -2.20. The summed E-state index contributed by atoms with van der Waals surface area (Å²) in [6, 6.07) is 14.0. The summed E-state index contributed by atoms with van der Waals surface area (Å²) in [6.45, 7) is 2.84. The first-order chi connectivity index (χ1) is 17.9. The van der Waals surface area contributed by atoms with Crippen LogP contribution in [0.25, 0.3) is 22.0 Å². The number of nitrogen functional groups attached to an aromatic ring is 1. The second kappa shape index (κ2) is 10.0. The molecule has 8 nitrogen and oxygen atoms in total. The van der Waals surface area contributed by atoms with Gasteiger partial charge < -0.3 is 25.1 Å². The number of carboxylic acids is 1. The molecule has 0 saturated heterocycles. The molecule has 1 aliphatic carbocycles.